The largest absolute Gasteiger partial charge is 0.508 e. The summed E-state index contributed by atoms with van der Waals surface area (Å²) >= 11 is 0. The third kappa shape index (κ3) is 2.80. The maximum absolute atomic E-state index is 13.5. The molecule has 106 valence electrons. The standard InChI is InChI=1S/C12H10F2N2O3S/c13-7-1-4-12(9(14)5-7)20(18,19)16-11-3-2-8(17)6-10(11)15/h1-6,16-17H,15H2. The zero-order chi connectivity index (χ0) is 14.9. The van der Waals surface area contributed by atoms with Crippen LogP contribution in [-0.4, -0.2) is 13.5 Å². The van der Waals surface area contributed by atoms with E-state index in [4.69, 9.17) is 10.8 Å². The Bertz CT molecular complexity index is 763. The predicted molar refractivity (Wildman–Crippen MR) is 69.7 cm³/mol. The highest BCUT2D eigenvalue weighted by atomic mass is 32.2. The Morgan fingerprint density at radius 3 is 2.40 bits per heavy atom. The molecule has 0 atom stereocenters. The summed E-state index contributed by atoms with van der Waals surface area (Å²) < 4.78 is 52.3. The van der Waals surface area contributed by atoms with Gasteiger partial charge in [0.15, 0.2) is 0 Å². The number of nitrogen functional groups attached to an aromatic ring is 1. The average molecular weight is 300 g/mol. The van der Waals surface area contributed by atoms with Gasteiger partial charge in [0.1, 0.15) is 22.3 Å². The number of anilines is 2. The maximum atomic E-state index is 13.5. The Balaban J connectivity index is 2.41. The lowest BCUT2D eigenvalue weighted by Gasteiger charge is -2.11. The van der Waals surface area contributed by atoms with Crippen LogP contribution in [0.4, 0.5) is 20.2 Å². The van der Waals surface area contributed by atoms with E-state index in [0.29, 0.717) is 6.07 Å². The lowest BCUT2D eigenvalue weighted by molar-refractivity contribution is 0.475. The number of phenols is 1. The topological polar surface area (TPSA) is 92.4 Å². The fourth-order valence-electron chi connectivity index (χ4n) is 1.54. The highest BCUT2D eigenvalue weighted by Gasteiger charge is 2.20. The smallest absolute Gasteiger partial charge is 0.264 e. The van der Waals surface area contributed by atoms with Crippen molar-refractivity contribution < 1.29 is 22.3 Å². The Hall–Kier alpha value is -2.35. The first-order chi connectivity index (χ1) is 9.29. The summed E-state index contributed by atoms with van der Waals surface area (Å²) in [6.45, 7) is 0. The fraction of sp³-hybridized carbons (Fsp3) is 0. The van der Waals surface area contributed by atoms with Gasteiger partial charge in [-0.05, 0) is 24.3 Å². The summed E-state index contributed by atoms with van der Waals surface area (Å²) in [6.07, 6.45) is 0. The number of hydrogen-bond acceptors (Lipinski definition) is 4. The zero-order valence-electron chi connectivity index (χ0n) is 9.97. The van der Waals surface area contributed by atoms with E-state index in [9.17, 15) is 17.2 Å². The van der Waals surface area contributed by atoms with Crippen molar-refractivity contribution in [2.45, 2.75) is 4.90 Å². The molecule has 0 heterocycles. The quantitative estimate of drug-likeness (QED) is 0.597. The number of rotatable bonds is 3. The van der Waals surface area contributed by atoms with Crippen LogP contribution in [0.15, 0.2) is 41.3 Å². The van der Waals surface area contributed by atoms with Crippen molar-refractivity contribution in [3.63, 3.8) is 0 Å². The van der Waals surface area contributed by atoms with Crippen LogP contribution < -0.4 is 10.5 Å². The predicted octanol–water partition coefficient (Wildman–Crippen LogP) is 2.05. The minimum absolute atomic E-state index is 0.0217. The second kappa shape index (κ2) is 4.97. The van der Waals surface area contributed by atoms with Gasteiger partial charge in [-0.25, -0.2) is 17.2 Å². The van der Waals surface area contributed by atoms with Crippen molar-refractivity contribution in [1.82, 2.24) is 0 Å². The number of hydrogen-bond donors (Lipinski definition) is 3. The van der Waals surface area contributed by atoms with Crippen molar-refractivity contribution in [2.24, 2.45) is 0 Å². The molecular weight excluding hydrogens is 290 g/mol. The van der Waals surface area contributed by atoms with Gasteiger partial charge in [-0.1, -0.05) is 0 Å². The lowest BCUT2D eigenvalue weighted by Crippen LogP contribution is -2.15. The minimum Gasteiger partial charge on any atom is -0.508 e. The second-order valence-electron chi connectivity index (χ2n) is 3.95. The molecule has 2 rings (SSSR count). The molecule has 0 saturated carbocycles. The molecule has 0 amide bonds. The average Bonchev–Trinajstić information content (AvgIpc) is 2.32. The van der Waals surface area contributed by atoms with Crippen molar-refractivity contribution in [1.29, 1.82) is 0 Å². The summed E-state index contributed by atoms with van der Waals surface area (Å²) in [6, 6.07) is 5.69. The highest BCUT2D eigenvalue weighted by Crippen LogP contribution is 2.26. The van der Waals surface area contributed by atoms with E-state index in [2.05, 4.69) is 4.72 Å². The third-order valence-corrected chi connectivity index (χ3v) is 3.86. The number of sulfonamides is 1. The van der Waals surface area contributed by atoms with Crippen LogP contribution in [-0.2, 0) is 10.0 Å². The zero-order valence-corrected chi connectivity index (χ0v) is 10.8. The molecule has 0 unspecified atom stereocenters. The normalized spacial score (nSPS) is 11.3. The van der Waals surface area contributed by atoms with Gasteiger partial charge in [0.05, 0.1) is 11.4 Å². The van der Waals surface area contributed by atoms with Gasteiger partial charge in [-0.2, -0.15) is 0 Å². The van der Waals surface area contributed by atoms with E-state index in [1.54, 1.807) is 0 Å². The lowest BCUT2D eigenvalue weighted by atomic mass is 10.2. The first-order valence-corrected chi connectivity index (χ1v) is 6.84. The van der Waals surface area contributed by atoms with Crippen LogP contribution in [0, 0.1) is 11.6 Å². The number of nitrogens with two attached hydrogens (primary N) is 1. The molecule has 0 aliphatic heterocycles. The van der Waals surface area contributed by atoms with Gasteiger partial charge in [0.2, 0.25) is 0 Å². The molecule has 0 saturated heterocycles. The van der Waals surface area contributed by atoms with Gasteiger partial charge >= 0.3 is 0 Å². The van der Waals surface area contributed by atoms with Gasteiger partial charge < -0.3 is 10.8 Å². The van der Waals surface area contributed by atoms with Crippen molar-refractivity contribution in [2.75, 3.05) is 10.5 Å². The van der Waals surface area contributed by atoms with Gasteiger partial charge in [0.25, 0.3) is 10.0 Å². The Morgan fingerprint density at radius 1 is 1.10 bits per heavy atom. The van der Waals surface area contributed by atoms with E-state index in [1.807, 2.05) is 0 Å². The van der Waals surface area contributed by atoms with Crippen LogP contribution in [0.3, 0.4) is 0 Å². The molecule has 4 N–H and O–H groups in total. The van der Waals surface area contributed by atoms with Gasteiger partial charge in [-0.15, -0.1) is 0 Å². The number of benzene rings is 2. The van der Waals surface area contributed by atoms with Crippen molar-refractivity contribution >= 4 is 21.4 Å². The third-order valence-electron chi connectivity index (χ3n) is 2.46. The molecule has 5 nitrogen and oxygen atoms in total. The van der Waals surface area contributed by atoms with Crippen LogP contribution in [0.2, 0.25) is 0 Å². The highest BCUT2D eigenvalue weighted by molar-refractivity contribution is 7.92. The number of phenolic OH excluding ortho intramolecular Hbond substituents is 1. The van der Waals surface area contributed by atoms with E-state index in [-0.39, 0.29) is 17.1 Å². The summed E-state index contributed by atoms with van der Waals surface area (Å²) in [5.74, 6) is -2.24. The molecule has 2 aromatic carbocycles. The number of aromatic hydroxyl groups is 1. The van der Waals surface area contributed by atoms with Crippen LogP contribution in [0.25, 0.3) is 0 Å². The SMILES string of the molecule is Nc1cc(O)ccc1NS(=O)(=O)c1ccc(F)cc1F. The molecule has 0 aliphatic rings. The molecule has 0 aromatic heterocycles. The molecule has 8 heteroatoms. The number of nitrogens with one attached hydrogen (secondary N) is 1. The van der Waals surface area contributed by atoms with Crippen molar-refractivity contribution in [3.05, 3.63) is 48.0 Å². The van der Waals surface area contributed by atoms with E-state index in [0.717, 1.165) is 18.2 Å². The fourth-order valence-corrected chi connectivity index (χ4v) is 2.68. The van der Waals surface area contributed by atoms with Crippen LogP contribution in [0.1, 0.15) is 0 Å². The van der Waals surface area contributed by atoms with Crippen LogP contribution >= 0.6 is 0 Å². The van der Waals surface area contributed by atoms with E-state index < -0.39 is 26.6 Å². The molecule has 20 heavy (non-hydrogen) atoms. The monoisotopic (exact) mass is 300 g/mol. The molecule has 0 spiro atoms. The minimum atomic E-state index is -4.25. The first-order valence-electron chi connectivity index (χ1n) is 5.36. The number of halogens is 2. The molecule has 0 aliphatic carbocycles. The Labute approximate surface area is 113 Å². The molecule has 0 fully saturated rings. The Kier molecular flexibility index (Phi) is 3.49. The van der Waals surface area contributed by atoms with Gasteiger partial charge in [-0.3, -0.25) is 4.72 Å². The van der Waals surface area contributed by atoms with Crippen LogP contribution in [0.5, 0.6) is 5.75 Å². The molecule has 2 aromatic rings. The second-order valence-corrected chi connectivity index (χ2v) is 5.60. The molecule has 0 radical (unpaired) electrons. The Morgan fingerprint density at radius 2 is 1.80 bits per heavy atom. The van der Waals surface area contributed by atoms with E-state index in [1.165, 1.54) is 12.1 Å². The van der Waals surface area contributed by atoms with Crippen molar-refractivity contribution in [3.8, 4) is 5.75 Å². The summed E-state index contributed by atoms with van der Waals surface area (Å²) in [5.41, 5.74) is 5.47. The van der Waals surface area contributed by atoms with E-state index >= 15 is 0 Å². The first kappa shape index (κ1) is 14.1. The summed E-state index contributed by atoms with van der Waals surface area (Å²) in [5, 5.41) is 9.17. The maximum Gasteiger partial charge on any atom is 0.264 e. The molecule has 0 bridgehead atoms. The summed E-state index contributed by atoms with van der Waals surface area (Å²) in [7, 11) is -4.25. The molecular formula is C12H10F2N2O3S. The van der Waals surface area contributed by atoms with Gasteiger partial charge in [0, 0.05) is 12.1 Å². The summed E-state index contributed by atoms with van der Waals surface area (Å²) in [4.78, 5) is -0.702.